The van der Waals surface area contributed by atoms with E-state index in [-0.39, 0.29) is 25.8 Å². The molecule has 156 valence electrons. The van der Waals surface area contributed by atoms with E-state index >= 15 is 0 Å². The number of rotatable bonds is 14. The Kier molecular flexibility index (Phi) is 20.8. The third-order valence-electron chi connectivity index (χ3n) is 3.12. The van der Waals surface area contributed by atoms with Crippen molar-refractivity contribution in [2.75, 3.05) is 61.5 Å². The Balaban J connectivity index is 0. The average Bonchev–Trinajstić information content (AvgIpc) is 2.67. The number of methoxy groups -OCH3 is 4. The van der Waals surface area contributed by atoms with Gasteiger partial charge in [-0.2, -0.15) is 0 Å². The molecule has 0 aromatic heterocycles. The van der Waals surface area contributed by atoms with Crippen LogP contribution >= 0.6 is 0 Å². The molecule has 0 saturated heterocycles. The first-order valence-electron chi connectivity index (χ1n) is 8.49. The number of ether oxygens (including phenoxy) is 6. The van der Waals surface area contributed by atoms with Gasteiger partial charge in [0.15, 0.2) is 12.2 Å². The third-order valence-corrected chi connectivity index (χ3v) is 3.12. The SMILES string of the molecule is CCCCOCC(OC)C(=O)OC.COC(=O)C(COCCCO)OC. The van der Waals surface area contributed by atoms with Crippen LogP contribution < -0.4 is 0 Å². The van der Waals surface area contributed by atoms with E-state index in [0.717, 1.165) is 12.8 Å². The van der Waals surface area contributed by atoms with Gasteiger partial charge in [0.2, 0.25) is 0 Å². The molecule has 0 amide bonds. The Labute approximate surface area is 155 Å². The molecule has 0 aliphatic rings. The van der Waals surface area contributed by atoms with Crippen molar-refractivity contribution in [3.05, 3.63) is 0 Å². The number of hydrogen-bond donors (Lipinski definition) is 1. The van der Waals surface area contributed by atoms with Crippen molar-refractivity contribution in [1.82, 2.24) is 0 Å². The highest BCUT2D eigenvalue weighted by Crippen LogP contribution is 1.97. The first-order valence-corrected chi connectivity index (χ1v) is 8.49. The van der Waals surface area contributed by atoms with Gasteiger partial charge in [-0.05, 0) is 12.8 Å². The molecule has 9 nitrogen and oxygen atoms in total. The second kappa shape index (κ2) is 20.1. The monoisotopic (exact) mass is 382 g/mol. The number of carbonyl (C=O) groups excluding carboxylic acids is 2. The summed E-state index contributed by atoms with van der Waals surface area (Å²) in [6.45, 7) is 3.65. The molecule has 0 aliphatic carbocycles. The maximum absolute atomic E-state index is 11.0. The summed E-state index contributed by atoms with van der Waals surface area (Å²) in [4.78, 5) is 21.9. The first kappa shape index (κ1) is 27.0. The van der Waals surface area contributed by atoms with E-state index in [1.54, 1.807) is 0 Å². The molecule has 0 fully saturated rings. The molecule has 0 aliphatic heterocycles. The minimum Gasteiger partial charge on any atom is -0.467 e. The molecule has 0 bridgehead atoms. The zero-order valence-electron chi connectivity index (χ0n) is 16.5. The molecule has 1 N–H and O–H groups in total. The van der Waals surface area contributed by atoms with Gasteiger partial charge in [0.1, 0.15) is 0 Å². The lowest BCUT2D eigenvalue weighted by Crippen LogP contribution is -2.29. The van der Waals surface area contributed by atoms with Gasteiger partial charge in [-0.25, -0.2) is 9.59 Å². The number of aliphatic hydroxyl groups is 1. The van der Waals surface area contributed by atoms with E-state index in [1.807, 2.05) is 0 Å². The quantitative estimate of drug-likeness (QED) is 0.340. The number of carbonyl (C=O) groups is 2. The first-order chi connectivity index (χ1) is 12.5. The summed E-state index contributed by atoms with van der Waals surface area (Å²) in [6, 6.07) is 0. The second-order valence-corrected chi connectivity index (χ2v) is 5.08. The standard InChI is InChI=1S/C9H18O4.C8H16O5/c1-4-5-6-13-7-8(11-2)9(10)12-3;1-11-7(8(10)12-2)6-13-5-3-4-9/h8H,4-7H2,1-3H3;7,9H,3-6H2,1-2H3. The van der Waals surface area contributed by atoms with Crippen molar-refractivity contribution in [3.63, 3.8) is 0 Å². The van der Waals surface area contributed by atoms with Crippen LogP contribution in [0.2, 0.25) is 0 Å². The maximum Gasteiger partial charge on any atom is 0.337 e. The highest BCUT2D eigenvalue weighted by Gasteiger charge is 2.18. The molecular formula is C17H34O9. The van der Waals surface area contributed by atoms with Gasteiger partial charge < -0.3 is 33.5 Å². The van der Waals surface area contributed by atoms with Crippen molar-refractivity contribution in [1.29, 1.82) is 0 Å². The van der Waals surface area contributed by atoms with Gasteiger partial charge in [-0.15, -0.1) is 0 Å². The highest BCUT2D eigenvalue weighted by atomic mass is 16.6. The summed E-state index contributed by atoms with van der Waals surface area (Å²) in [5.74, 6) is -0.842. The molecule has 26 heavy (non-hydrogen) atoms. The number of hydrogen-bond acceptors (Lipinski definition) is 9. The molecule has 0 heterocycles. The van der Waals surface area contributed by atoms with E-state index in [9.17, 15) is 9.59 Å². The second-order valence-electron chi connectivity index (χ2n) is 5.08. The Bertz CT molecular complexity index is 304. The Morgan fingerprint density at radius 3 is 1.54 bits per heavy atom. The predicted molar refractivity (Wildman–Crippen MR) is 93.9 cm³/mol. The topological polar surface area (TPSA) is 110 Å². The molecule has 0 saturated carbocycles. The van der Waals surface area contributed by atoms with Gasteiger partial charge in [-0.1, -0.05) is 13.3 Å². The van der Waals surface area contributed by atoms with E-state index in [0.29, 0.717) is 19.6 Å². The molecule has 2 atom stereocenters. The van der Waals surface area contributed by atoms with Crippen LogP contribution in [0.15, 0.2) is 0 Å². The molecule has 0 rings (SSSR count). The van der Waals surface area contributed by atoms with Crippen LogP contribution in [0.25, 0.3) is 0 Å². The van der Waals surface area contributed by atoms with Crippen LogP contribution in [-0.2, 0) is 38.0 Å². The van der Waals surface area contributed by atoms with Crippen LogP contribution in [0.5, 0.6) is 0 Å². The Morgan fingerprint density at radius 2 is 1.23 bits per heavy atom. The third kappa shape index (κ3) is 15.0. The average molecular weight is 382 g/mol. The molecule has 2 unspecified atom stereocenters. The number of aliphatic hydroxyl groups excluding tert-OH is 1. The number of unbranched alkanes of at least 4 members (excludes halogenated alkanes) is 1. The summed E-state index contributed by atoms with van der Waals surface area (Å²) in [5, 5.41) is 8.44. The summed E-state index contributed by atoms with van der Waals surface area (Å²) < 4.78 is 29.0. The lowest BCUT2D eigenvalue weighted by Gasteiger charge is -2.12. The van der Waals surface area contributed by atoms with Crippen molar-refractivity contribution in [2.45, 2.75) is 38.4 Å². The maximum atomic E-state index is 11.0. The normalized spacial score (nSPS) is 12.5. The molecule has 9 heteroatoms. The van der Waals surface area contributed by atoms with Crippen molar-refractivity contribution < 1.29 is 43.1 Å². The van der Waals surface area contributed by atoms with Gasteiger partial charge in [0.05, 0.1) is 27.4 Å². The fraction of sp³-hybridized carbons (Fsp3) is 0.882. The van der Waals surface area contributed by atoms with Gasteiger partial charge in [0.25, 0.3) is 0 Å². The van der Waals surface area contributed by atoms with Crippen LogP contribution in [0.4, 0.5) is 0 Å². The Hall–Kier alpha value is -1.26. The lowest BCUT2D eigenvalue weighted by atomic mass is 10.3. The smallest absolute Gasteiger partial charge is 0.337 e. The summed E-state index contributed by atoms with van der Waals surface area (Å²) in [7, 11) is 5.50. The van der Waals surface area contributed by atoms with Crippen molar-refractivity contribution in [2.24, 2.45) is 0 Å². The molecule has 0 radical (unpaired) electrons. The van der Waals surface area contributed by atoms with E-state index < -0.39 is 18.2 Å². The van der Waals surface area contributed by atoms with E-state index in [1.165, 1.54) is 28.4 Å². The molecule has 0 aromatic rings. The minimum absolute atomic E-state index is 0.0792. The highest BCUT2D eigenvalue weighted by molar-refractivity contribution is 5.74. The van der Waals surface area contributed by atoms with E-state index in [2.05, 4.69) is 16.4 Å². The van der Waals surface area contributed by atoms with Crippen molar-refractivity contribution >= 4 is 11.9 Å². The van der Waals surface area contributed by atoms with Crippen LogP contribution in [0, 0.1) is 0 Å². The predicted octanol–water partition coefficient (Wildman–Crippen LogP) is 0.565. The van der Waals surface area contributed by atoms with Crippen LogP contribution in [0.1, 0.15) is 26.2 Å². The Morgan fingerprint density at radius 1 is 0.808 bits per heavy atom. The molecule has 0 spiro atoms. The number of esters is 2. The molecular weight excluding hydrogens is 348 g/mol. The van der Waals surface area contributed by atoms with Crippen LogP contribution in [-0.4, -0.2) is 90.7 Å². The summed E-state index contributed by atoms with van der Waals surface area (Å²) in [5.41, 5.74) is 0. The summed E-state index contributed by atoms with van der Waals surface area (Å²) >= 11 is 0. The van der Waals surface area contributed by atoms with Crippen molar-refractivity contribution in [3.8, 4) is 0 Å². The fourth-order valence-electron chi connectivity index (χ4n) is 1.52. The van der Waals surface area contributed by atoms with Gasteiger partial charge in [0, 0.05) is 34.0 Å². The van der Waals surface area contributed by atoms with Gasteiger partial charge >= 0.3 is 11.9 Å². The van der Waals surface area contributed by atoms with Gasteiger partial charge in [-0.3, -0.25) is 0 Å². The minimum atomic E-state index is -0.677. The zero-order valence-corrected chi connectivity index (χ0v) is 16.5. The lowest BCUT2D eigenvalue weighted by molar-refractivity contribution is -0.156. The van der Waals surface area contributed by atoms with E-state index in [4.69, 9.17) is 24.1 Å². The largest absolute Gasteiger partial charge is 0.467 e. The zero-order chi connectivity index (χ0) is 20.2. The molecule has 0 aromatic carbocycles. The summed E-state index contributed by atoms with van der Waals surface area (Å²) in [6.07, 6.45) is 1.36. The van der Waals surface area contributed by atoms with Crippen LogP contribution in [0.3, 0.4) is 0 Å². The fourth-order valence-corrected chi connectivity index (χ4v) is 1.52.